The number of aryl methyl sites for hydroxylation is 2. The molecule has 0 aromatic heterocycles. The topological polar surface area (TPSA) is 26.0 Å². The Labute approximate surface area is 84.7 Å². The van der Waals surface area contributed by atoms with Gasteiger partial charge in [-0.2, -0.15) is 0 Å². The molecule has 0 unspecified atom stereocenters. The van der Waals surface area contributed by atoms with Crippen molar-refractivity contribution in [3.63, 3.8) is 0 Å². The molecule has 1 aromatic rings. The first-order valence-corrected chi connectivity index (χ1v) is 5.60. The van der Waals surface area contributed by atoms with Crippen molar-refractivity contribution < 1.29 is 0 Å². The Bertz CT molecular complexity index is 294. The van der Waals surface area contributed by atoms with Gasteiger partial charge < -0.3 is 5.73 Å². The number of hydrogen-bond donors (Lipinski definition) is 1. The van der Waals surface area contributed by atoms with E-state index in [1.807, 2.05) is 11.8 Å². The summed E-state index contributed by atoms with van der Waals surface area (Å²) in [5.74, 6) is 1.11. The fourth-order valence-electron chi connectivity index (χ4n) is 1.30. The molecule has 0 spiro atoms. The molecule has 0 bridgehead atoms. The molecule has 72 valence electrons. The molecule has 0 amide bonds. The second-order valence-corrected chi connectivity index (χ2v) is 4.49. The van der Waals surface area contributed by atoms with E-state index in [1.165, 1.54) is 21.6 Å². The first-order chi connectivity index (χ1) is 6.19. The first kappa shape index (κ1) is 10.6. The largest absolute Gasteiger partial charge is 0.326 e. The molecule has 13 heavy (non-hydrogen) atoms. The van der Waals surface area contributed by atoms with Crippen LogP contribution in [0.1, 0.15) is 23.6 Å². The highest BCUT2D eigenvalue weighted by Gasteiger charge is 2.03. The van der Waals surface area contributed by atoms with Crippen LogP contribution in [0.15, 0.2) is 17.0 Å². The number of benzene rings is 1. The molecule has 0 atom stereocenters. The van der Waals surface area contributed by atoms with Crippen molar-refractivity contribution in [3.05, 3.63) is 28.8 Å². The maximum atomic E-state index is 5.69. The highest BCUT2D eigenvalue weighted by Crippen LogP contribution is 2.25. The molecule has 0 aliphatic carbocycles. The van der Waals surface area contributed by atoms with Gasteiger partial charge in [0.1, 0.15) is 0 Å². The van der Waals surface area contributed by atoms with Gasteiger partial charge in [0.2, 0.25) is 0 Å². The molecule has 0 radical (unpaired) electrons. The Morgan fingerprint density at radius 3 is 2.38 bits per heavy atom. The molecular formula is C11H17NS. The van der Waals surface area contributed by atoms with E-state index in [2.05, 4.69) is 32.9 Å². The summed E-state index contributed by atoms with van der Waals surface area (Å²) in [5.41, 5.74) is 9.65. The van der Waals surface area contributed by atoms with E-state index in [4.69, 9.17) is 5.73 Å². The van der Waals surface area contributed by atoms with Crippen molar-refractivity contribution in [3.8, 4) is 0 Å². The van der Waals surface area contributed by atoms with Crippen LogP contribution in [0.4, 0.5) is 0 Å². The van der Waals surface area contributed by atoms with Crippen molar-refractivity contribution in [1.29, 1.82) is 0 Å². The lowest BCUT2D eigenvalue weighted by molar-refractivity contribution is 1.01. The maximum Gasteiger partial charge on any atom is 0.0189 e. The van der Waals surface area contributed by atoms with Gasteiger partial charge in [-0.05, 0) is 42.4 Å². The fraction of sp³-hybridized carbons (Fsp3) is 0.455. The third kappa shape index (κ3) is 2.48. The Kier molecular flexibility index (Phi) is 3.82. The number of rotatable bonds is 3. The number of nitrogens with two attached hydrogens (primary N) is 1. The summed E-state index contributed by atoms with van der Waals surface area (Å²) in [6, 6.07) is 4.44. The van der Waals surface area contributed by atoms with E-state index in [1.54, 1.807) is 0 Å². The second-order valence-electron chi connectivity index (χ2n) is 3.18. The van der Waals surface area contributed by atoms with Crippen LogP contribution in [-0.2, 0) is 6.54 Å². The Morgan fingerprint density at radius 1 is 1.23 bits per heavy atom. The lowest BCUT2D eigenvalue weighted by Crippen LogP contribution is -2.00. The summed E-state index contributed by atoms with van der Waals surface area (Å²) in [4.78, 5) is 1.34. The first-order valence-electron chi connectivity index (χ1n) is 4.62. The molecule has 0 heterocycles. The molecule has 1 rings (SSSR count). The normalized spacial score (nSPS) is 10.5. The van der Waals surface area contributed by atoms with Gasteiger partial charge in [0.25, 0.3) is 0 Å². The monoisotopic (exact) mass is 195 g/mol. The van der Waals surface area contributed by atoms with Crippen molar-refractivity contribution in [2.75, 3.05) is 5.75 Å². The summed E-state index contributed by atoms with van der Waals surface area (Å²) in [6.45, 7) is 7.09. The van der Waals surface area contributed by atoms with Crippen LogP contribution in [-0.4, -0.2) is 5.75 Å². The van der Waals surface area contributed by atoms with Crippen LogP contribution in [0.5, 0.6) is 0 Å². The van der Waals surface area contributed by atoms with Gasteiger partial charge in [-0.3, -0.25) is 0 Å². The lowest BCUT2D eigenvalue weighted by Gasteiger charge is -2.09. The molecule has 0 fully saturated rings. The van der Waals surface area contributed by atoms with Crippen LogP contribution < -0.4 is 5.73 Å². The standard InChI is InChI=1S/C11H17NS/c1-4-13-11-6-9(3)8(2)5-10(11)7-12/h5-6H,4,7,12H2,1-3H3. The van der Waals surface area contributed by atoms with E-state index >= 15 is 0 Å². The fourth-order valence-corrected chi connectivity index (χ4v) is 2.20. The van der Waals surface area contributed by atoms with Crippen molar-refractivity contribution in [2.45, 2.75) is 32.2 Å². The summed E-state index contributed by atoms with van der Waals surface area (Å²) < 4.78 is 0. The van der Waals surface area contributed by atoms with Gasteiger partial charge in [-0.15, -0.1) is 11.8 Å². The summed E-state index contributed by atoms with van der Waals surface area (Å²) in [6.07, 6.45) is 0. The minimum Gasteiger partial charge on any atom is -0.326 e. The maximum absolute atomic E-state index is 5.69. The quantitative estimate of drug-likeness (QED) is 0.751. The molecule has 1 nitrogen and oxygen atoms in total. The zero-order chi connectivity index (χ0) is 9.84. The van der Waals surface area contributed by atoms with Gasteiger partial charge in [-0.1, -0.05) is 13.0 Å². The molecule has 2 N–H and O–H groups in total. The van der Waals surface area contributed by atoms with Gasteiger partial charge in [-0.25, -0.2) is 0 Å². The highest BCUT2D eigenvalue weighted by molar-refractivity contribution is 7.99. The molecule has 0 saturated heterocycles. The van der Waals surface area contributed by atoms with Gasteiger partial charge >= 0.3 is 0 Å². The van der Waals surface area contributed by atoms with Crippen LogP contribution in [0.2, 0.25) is 0 Å². The Hall–Kier alpha value is -0.470. The molecule has 2 heteroatoms. The summed E-state index contributed by atoms with van der Waals surface area (Å²) >= 11 is 1.87. The van der Waals surface area contributed by atoms with Crippen LogP contribution in [0.25, 0.3) is 0 Å². The molecule has 0 aliphatic heterocycles. The third-order valence-corrected chi connectivity index (χ3v) is 3.18. The third-order valence-electron chi connectivity index (χ3n) is 2.20. The second kappa shape index (κ2) is 4.68. The average molecular weight is 195 g/mol. The van der Waals surface area contributed by atoms with Gasteiger partial charge in [0.05, 0.1) is 0 Å². The van der Waals surface area contributed by atoms with Crippen LogP contribution >= 0.6 is 11.8 Å². The minimum atomic E-state index is 0.642. The smallest absolute Gasteiger partial charge is 0.0189 e. The van der Waals surface area contributed by atoms with Crippen molar-refractivity contribution in [1.82, 2.24) is 0 Å². The van der Waals surface area contributed by atoms with E-state index in [0.29, 0.717) is 6.54 Å². The zero-order valence-electron chi connectivity index (χ0n) is 8.55. The average Bonchev–Trinajstić information content (AvgIpc) is 2.11. The molecule has 1 aromatic carbocycles. The number of thioether (sulfide) groups is 1. The Morgan fingerprint density at radius 2 is 1.85 bits per heavy atom. The van der Waals surface area contributed by atoms with Crippen LogP contribution in [0, 0.1) is 13.8 Å². The molecular weight excluding hydrogens is 178 g/mol. The lowest BCUT2D eigenvalue weighted by atomic mass is 10.1. The predicted molar refractivity (Wildman–Crippen MR) is 60.2 cm³/mol. The highest BCUT2D eigenvalue weighted by atomic mass is 32.2. The summed E-state index contributed by atoms with van der Waals surface area (Å²) in [7, 11) is 0. The summed E-state index contributed by atoms with van der Waals surface area (Å²) in [5, 5.41) is 0. The molecule has 0 aliphatic rings. The zero-order valence-corrected chi connectivity index (χ0v) is 9.37. The van der Waals surface area contributed by atoms with Gasteiger partial charge in [0.15, 0.2) is 0 Å². The van der Waals surface area contributed by atoms with E-state index < -0.39 is 0 Å². The molecule has 0 saturated carbocycles. The van der Waals surface area contributed by atoms with Gasteiger partial charge in [0, 0.05) is 11.4 Å². The predicted octanol–water partition coefficient (Wildman–Crippen LogP) is 2.87. The minimum absolute atomic E-state index is 0.642. The SMILES string of the molecule is CCSc1cc(C)c(C)cc1CN. The van der Waals surface area contributed by atoms with E-state index in [9.17, 15) is 0 Å². The van der Waals surface area contributed by atoms with Crippen molar-refractivity contribution in [2.24, 2.45) is 5.73 Å². The van der Waals surface area contributed by atoms with E-state index in [-0.39, 0.29) is 0 Å². The van der Waals surface area contributed by atoms with Crippen LogP contribution in [0.3, 0.4) is 0 Å². The Balaban J connectivity index is 3.09. The number of hydrogen-bond acceptors (Lipinski definition) is 2. The van der Waals surface area contributed by atoms with Crippen molar-refractivity contribution >= 4 is 11.8 Å². The van der Waals surface area contributed by atoms with E-state index in [0.717, 1.165) is 5.75 Å².